The van der Waals surface area contributed by atoms with Crippen LogP contribution in [0.4, 0.5) is 0 Å². The van der Waals surface area contributed by atoms with Crippen molar-refractivity contribution in [3.8, 4) is 0 Å². The molecule has 28 heavy (non-hydrogen) atoms. The predicted molar refractivity (Wildman–Crippen MR) is 97.4 cm³/mol. The van der Waals surface area contributed by atoms with E-state index in [2.05, 4.69) is 13.2 Å². The van der Waals surface area contributed by atoms with Crippen LogP contribution < -0.4 is 18.9 Å². The van der Waals surface area contributed by atoms with Gasteiger partial charge in [-0.15, -0.1) is 0 Å². The Morgan fingerprint density at radius 1 is 0.964 bits per heavy atom. The molecule has 156 valence electrons. The molecular weight excluding hydrogens is 387 g/mol. The zero-order valence-electron chi connectivity index (χ0n) is 17.8. The van der Waals surface area contributed by atoms with Gasteiger partial charge in [0.2, 0.25) is 0 Å². The maximum Gasteiger partial charge on any atom is 1.00 e. The van der Waals surface area contributed by atoms with Crippen LogP contribution in [0.5, 0.6) is 0 Å². The summed E-state index contributed by atoms with van der Waals surface area (Å²) in [6.07, 6.45) is 0.289. The minimum atomic E-state index is -4.08. The molecule has 0 unspecified atom stereocenters. The van der Waals surface area contributed by atoms with Crippen LogP contribution in [0.15, 0.2) is 24.3 Å². The van der Waals surface area contributed by atoms with Crippen LogP contribution in [0.2, 0.25) is 0 Å². The number of esters is 3. The molecule has 0 atom stereocenters. The van der Waals surface area contributed by atoms with Gasteiger partial charge in [0.05, 0.1) is 12.4 Å². The van der Waals surface area contributed by atoms with E-state index in [0.29, 0.717) is 0 Å². The van der Waals surface area contributed by atoms with Gasteiger partial charge in [0.1, 0.15) is 18.6 Å². The first kappa shape index (κ1) is 28.6. The van der Waals surface area contributed by atoms with Crippen LogP contribution in [0.3, 0.4) is 0 Å². The van der Waals surface area contributed by atoms with Gasteiger partial charge in [0.25, 0.3) is 10.1 Å². The molecule has 0 aliphatic heterocycles. The number of carbonyl (C=O) groups is 3. The average molecular weight is 414 g/mol. The summed E-state index contributed by atoms with van der Waals surface area (Å²) in [6.45, 7) is 10.2. The number of hydrogen-bond acceptors (Lipinski definition) is 8. The van der Waals surface area contributed by atoms with Gasteiger partial charge in [0, 0.05) is 11.1 Å². The van der Waals surface area contributed by atoms with Crippen LogP contribution in [0.25, 0.3) is 0 Å². The average Bonchev–Trinajstić information content (AvgIpc) is 2.55. The van der Waals surface area contributed by atoms with Crippen LogP contribution in [0, 0.1) is 5.41 Å². The van der Waals surface area contributed by atoms with Crippen LogP contribution >= 0.6 is 0 Å². The summed E-state index contributed by atoms with van der Waals surface area (Å²) in [6, 6.07) is 0. The molecule has 0 fully saturated rings. The molecule has 0 aliphatic rings. The Bertz CT molecular complexity index is 674. The standard InChI is InChI=1S/C17H26O9S.Li.H/c1-12(2)14(18)25-10-17(5,11-26-15(19)13(3)4)16(20)24-8-6-7-9-27(21,22)23;;/h1,3,6-11H2,2,4-5H3,(H,21,22,23);;/q;+1;-1. The van der Waals surface area contributed by atoms with Crippen molar-refractivity contribution in [2.24, 2.45) is 5.41 Å². The third-order valence-corrected chi connectivity index (χ3v) is 4.07. The van der Waals surface area contributed by atoms with E-state index in [4.69, 9.17) is 18.8 Å². The largest absolute Gasteiger partial charge is 1.00 e. The van der Waals surface area contributed by atoms with Gasteiger partial charge in [0.15, 0.2) is 0 Å². The molecule has 0 aromatic heterocycles. The molecule has 0 aliphatic carbocycles. The van der Waals surface area contributed by atoms with Crippen molar-refractivity contribution in [2.45, 2.75) is 33.6 Å². The molecule has 0 saturated carbocycles. The molecule has 0 saturated heterocycles. The van der Waals surface area contributed by atoms with Crippen molar-refractivity contribution in [3.05, 3.63) is 24.3 Å². The van der Waals surface area contributed by atoms with Crippen molar-refractivity contribution in [3.63, 3.8) is 0 Å². The van der Waals surface area contributed by atoms with Gasteiger partial charge < -0.3 is 15.6 Å². The monoisotopic (exact) mass is 414 g/mol. The molecule has 9 nitrogen and oxygen atoms in total. The Hall–Kier alpha value is -1.60. The number of hydrogen-bond donors (Lipinski definition) is 1. The van der Waals surface area contributed by atoms with E-state index in [1.165, 1.54) is 20.8 Å². The minimum absolute atomic E-state index is 0. The summed E-state index contributed by atoms with van der Waals surface area (Å²) in [5.74, 6) is -2.67. The first-order valence-electron chi connectivity index (χ1n) is 8.06. The summed E-state index contributed by atoms with van der Waals surface area (Å²) >= 11 is 0. The summed E-state index contributed by atoms with van der Waals surface area (Å²) in [5.41, 5.74) is -1.20. The molecule has 0 bridgehead atoms. The summed E-state index contributed by atoms with van der Waals surface area (Å²) < 4.78 is 44.9. The summed E-state index contributed by atoms with van der Waals surface area (Å²) in [4.78, 5) is 35.5. The molecular formula is C17H27LiO9S. The normalized spacial score (nSPS) is 11.0. The van der Waals surface area contributed by atoms with Crippen LogP contribution in [-0.2, 0) is 38.7 Å². The van der Waals surface area contributed by atoms with Gasteiger partial charge in [-0.1, -0.05) is 13.2 Å². The second-order valence-electron chi connectivity index (χ2n) is 6.40. The molecule has 0 rings (SSSR count). The minimum Gasteiger partial charge on any atom is -1.00 e. The fraction of sp³-hybridized carbons (Fsp3) is 0.588. The van der Waals surface area contributed by atoms with E-state index >= 15 is 0 Å². The zero-order chi connectivity index (χ0) is 21.3. The molecule has 0 radical (unpaired) electrons. The van der Waals surface area contributed by atoms with E-state index in [-0.39, 0.29) is 50.9 Å². The number of rotatable bonds is 12. The Kier molecular flexibility index (Phi) is 13.1. The van der Waals surface area contributed by atoms with Crippen LogP contribution in [0.1, 0.15) is 35.0 Å². The maximum atomic E-state index is 12.4. The Morgan fingerprint density at radius 3 is 1.75 bits per heavy atom. The SMILES string of the molecule is C=C(C)C(=O)OCC(C)(COC(=O)C(=C)C)C(=O)OCCCCS(=O)(=O)O.[H-].[Li+]. The molecule has 0 aromatic rings. The first-order chi connectivity index (χ1) is 12.3. The smallest absolute Gasteiger partial charge is 1.00 e. The molecule has 1 N–H and O–H groups in total. The zero-order valence-corrected chi connectivity index (χ0v) is 17.6. The van der Waals surface area contributed by atoms with E-state index in [1.54, 1.807) is 0 Å². The molecule has 11 heteroatoms. The number of carbonyl (C=O) groups excluding carboxylic acids is 3. The number of unbranched alkanes of at least 4 members (excludes halogenated alkanes) is 1. The van der Waals surface area contributed by atoms with Gasteiger partial charge >= 0.3 is 36.8 Å². The second kappa shape index (κ2) is 12.8. The molecule has 0 spiro atoms. The molecule has 0 heterocycles. The third-order valence-electron chi connectivity index (χ3n) is 3.26. The van der Waals surface area contributed by atoms with Gasteiger partial charge in [-0.05, 0) is 33.6 Å². The fourth-order valence-electron chi connectivity index (χ4n) is 1.58. The maximum absolute atomic E-state index is 12.4. The quantitative estimate of drug-likeness (QED) is 0.102. The topological polar surface area (TPSA) is 133 Å². The summed E-state index contributed by atoms with van der Waals surface area (Å²) in [5, 5.41) is 0. The Balaban J connectivity index is -0.00000338. The van der Waals surface area contributed by atoms with E-state index in [1.807, 2.05) is 0 Å². The Morgan fingerprint density at radius 2 is 1.39 bits per heavy atom. The predicted octanol–water partition coefficient (Wildman–Crippen LogP) is -1.44. The third kappa shape index (κ3) is 12.0. The van der Waals surface area contributed by atoms with E-state index in [0.717, 1.165) is 0 Å². The van der Waals surface area contributed by atoms with E-state index in [9.17, 15) is 22.8 Å². The van der Waals surface area contributed by atoms with E-state index < -0.39 is 52.4 Å². The summed E-state index contributed by atoms with van der Waals surface area (Å²) in [7, 11) is -4.08. The van der Waals surface area contributed by atoms with Gasteiger partial charge in [-0.25, -0.2) is 9.59 Å². The fourth-order valence-corrected chi connectivity index (χ4v) is 2.15. The second-order valence-corrected chi connectivity index (χ2v) is 7.97. The molecule has 0 amide bonds. The van der Waals surface area contributed by atoms with Crippen molar-refractivity contribution < 1.29 is 61.9 Å². The van der Waals surface area contributed by atoms with Crippen molar-refractivity contribution in [2.75, 3.05) is 25.6 Å². The Labute approximate surface area is 178 Å². The van der Waals surface area contributed by atoms with Gasteiger partial charge in [-0.3, -0.25) is 9.35 Å². The number of ether oxygens (including phenoxy) is 3. The molecule has 0 aromatic carbocycles. The van der Waals surface area contributed by atoms with Crippen molar-refractivity contribution >= 4 is 28.0 Å². The van der Waals surface area contributed by atoms with Crippen LogP contribution in [-0.4, -0.2) is 56.5 Å². The van der Waals surface area contributed by atoms with Crippen molar-refractivity contribution in [1.82, 2.24) is 0 Å². The first-order valence-corrected chi connectivity index (χ1v) is 9.67. The van der Waals surface area contributed by atoms with Gasteiger partial charge in [-0.2, -0.15) is 8.42 Å². The van der Waals surface area contributed by atoms with Crippen molar-refractivity contribution in [1.29, 1.82) is 0 Å².